The van der Waals surface area contributed by atoms with Crippen molar-refractivity contribution in [2.24, 2.45) is 12.5 Å². The maximum absolute atomic E-state index is 4.66. The van der Waals surface area contributed by atoms with Gasteiger partial charge in [0.2, 0.25) is 0 Å². The molecule has 0 saturated heterocycles. The molecule has 1 aliphatic rings. The van der Waals surface area contributed by atoms with E-state index >= 15 is 0 Å². The van der Waals surface area contributed by atoms with Gasteiger partial charge in [-0.1, -0.05) is 26.0 Å². The van der Waals surface area contributed by atoms with E-state index in [1.54, 1.807) is 0 Å². The van der Waals surface area contributed by atoms with Gasteiger partial charge in [0.15, 0.2) is 0 Å². The maximum atomic E-state index is 4.66. The van der Waals surface area contributed by atoms with E-state index in [2.05, 4.69) is 54.0 Å². The Bertz CT molecular complexity index is 554. The summed E-state index contributed by atoms with van der Waals surface area (Å²) >= 11 is 0. The summed E-state index contributed by atoms with van der Waals surface area (Å²) < 4.78 is 2.18. The molecule has 1 aromatic heterocycles. The second kappa shape index (κ2) is 3.57. The van der Waals surface area contributed by atoms with Crippen LogP contribution in [-0.2, 0) is 13.6 Å². The maximum Gasteiger partial charge on any atom is 0.123 e. The SMILES string of the molecule is Cn1c(CNC2CC2(C)C)nc2ccccc21. The van der Waals surface area contributed by atoms with Gasteiger partial charge in [-0.05, 0) is 24.0 Å². The fourth-order valence-electron chi connectivity index (χ4n) is 2.38. The van der Waals surface area contributed by atoms with E-state index in [0.717, 1.165) is 17.9 Å². The molecule has 3 heteroatoms. The molecule has 1 unspecified atom stereocenters. The molecule has 0 radical (unpaired) electrons. The third-order valence-electron chi connectivity index (χ3n) is 3.90. The minimum absolute atomic E-state index is 0.477. The second-order valence-electron chi connectivity index (χ2n) is 5.70. The van der Waals surface area contributed by atoms with E-state index in [1.807, 2.05) is 6.07 Å². The number of nitrogens with one attached hydrogen (secondary N) is 1. The summed E-state index contributed by atoms with van der Waals surface area (Å²) in [5.41, 5.74) is 2.77. The normalized spacial score (nSPS) is 21.9. The number of rotatable bonds is 3. The van der Waals surface area contributed by atoms with Crippen molar-refractivity contribution in [1.29, 1.82) is 0 Å². The van der Waals surface area contributed by atoms with Crippen LogP contribution >= 0.6 is 0 Å². The molecule has 0 amide bonds. The van der Waals surface area contributed by atoms with E-state index in [1.165, 1.54) is 11.9 Å². The van der Waals surface area contributed by atoms with Gasteiger partial charge in [-0.25, -0.2) is 4.98 Å². The number of para-hydroxylation sites is 2. The van der Waals surface area contributed by atoms with Gasteiger partial charge >= 0.3 is 0 Å². The standard InChI is InChI=1S/C14H19N3/c1-14(2)8-12(14)15-9-13-16-10-6-4-5-7-11(10)17(13)3/h4-7,12,15H,8-9H2,1-3H3. The fourth-order valence-corrected chi connectivity index (χ4v) is 2.38. The van der Waals surface area contributed by atoms with E-state index in [-0.39, 0.29) is 0 Å². The first-order valence-electron chi connectivity index (χ1n) is 6.22. The van der Waals surface area contributed by atoms with Crippen LogP contribution in [0.15, 0.2) is 24.3 Å². The van der Waals surface area contributed by atoms with Crippen molar-refractivity contribution < 1.29 is 0 Å². The fraction of sp³-hybridized carbons (Fsp3) is 0.500. The first kappa shape index (κ1) is 10.8. The van der Waals surface area contributed by atoms with Gasteiger partial charge in [-0.15, -0.1) is 0 Å². The molecule has 1 heterocycles. The summed E-state index contributed by atoms with van der Waals surface area (Å²) in [5.74, 6) is 1.12. The third-order valence-corrected chi connectivity index (χ3v) is 3.90. The van der Waals surface area contributed by atoms with Crippen molar-refractivity contribution in [1.82, 2.24) is 14.9 Å². The van der Waals surface area contributed by atoms with Gasteiger partial charge in [0.05, 0.1) is 17.6 Å². The molecule has 0 bridgehead atoms. The van der Waals surface area contributed by atoms with Crippen LogP contribution in [0.3, 0.4) is 0 Å². The van der Waals surface area contributed by atoms with E-state index < -0.39 is 0 Å². The number of nitrogens with zero attached hydrogens (tertiary/aromatic N) is 2. The highest BCUT2D eigenvalue weighted by molar-refractivity contribution is 5.75. The number of aryl methyl sites for hydroxylation is 1. The summed E-state index contributed by atoms with van der Waals surface area (Å²) in [6.45, 7) is 5.47. The van der Waals surface area contributed by atoms with Gasteiger partial charge in [-0.2, -0.15) is 0 Å². The van der Waals surface area contributed by atoms with Crippen LogP contribution in [0.2, 0.25) is 0 Å². The minimum Gasteiger partial charge on any atom is -0.330 e. The van der Waals surface area contributed by atoms with Crippen molar-refractivity contribution in [3.63, 3.8) is 0 Å². The molecule has 0 aliphatic heterocycles. The number of aromatic nitrogens is 2. The molecule has 0 spiro atoms. The Balaban J connectivity index is 1.79. The zero-order valence-electron chi connectivity index (χ0n) is 10.7. The average Bonchev–Trinajstić information content (AvgIpc) is 2.78. The summed E-state index contributed by atoms with van der Waals surface area (Å²) in [6, 6.07) is 8.94. The van der Waals surface area contributed by atoms with Crippen LogP contribution in [0.1, 0.15) is 26.1 Å². The van der Waals surface area contributed by atoms with Gasteiger partial charge < -0.3 is 9.88 Å². The lowest BCUT2D eigenvalue weighted by Crippen LogP contribution is -2.21. The highest BCUT2D eigenvalue weighted by atomic mass is 15.1. The Morgan fingerprint density at radius 3 is 2.76 bits per heavy atom. The minimum atomic E-state index is 0.477. The van der Waals surface area contributed by atoms with Gasteiger partial charge in [0.1, 0.15) is 5.82 Å². The number of fused-ring (bicyclic) bond motifs is 1. The second-order valence-corrected chi connectivity index (χ2v) is 5.70. The molecule has 1 saturated carbocycles. The molecule has 90 valence electrons. The zero-order chi connectivity index (χ0) is 12.0. The Morgan fingerprint density at radius 1 is 1.41 bits per heavy atom. The van der Waals surface area contributed by atoms with Crippen LogP contribution in [-0.4, -0.2) is 15.6 Å². The third kappa shape index (κ3) is 1.84. The van der Waals surface area contributed by atoms with E-state index in [9.17, 15) is 0 Å². The monoisotopic (exact) mass is 229 g/mol. The quantitative estimate of drug-likeness (QED) is 0.876. The van der Waals surface area contributed by atoms with Crippen molar-refractivity contribution >= 4 is 11.0 Å². The first-order valence-corrected chi connectivity index (χ1v) is 6.22. The van der Waals surface area contributed by atoms with Gasteiger partial charge in [0.25, 0.3) is 0 Å². The molecule has 1 N–H and O–H groups in total. The number of imidazole rings is 1. The number of hydrogen-bond acceptors (Lipinski definition) is 2. The molecule has 2 aromatic rings. The lowest BCUT2D eigenvalue weighted by Gasteiger charge is -2.06. The van der Waals surface area contributed by atoms with Crippen molar-refractivity contribution in [3.05, 3.63) is 30.1 Å². The molecule has 3 rings (SSSR count). The molecule has 17 heavy (non-hydrogen) atoms. The largest absolute Gasteiger partial charge is 0.330 e. The predicted octanol–water partition coefficient (Wildman–Crippen LogP) is 2.46. The van der Waals surface area contributed by atoms with Crippen LogP contribution in [0.25, 0.3) is 11.0 Å². The molecule has 1 aliphatic carbocycles. The Kier molecular flexibility index (Phi) is 2.26. The van der Waals surface area contributed by atoms with Crippen molar-refractivity contribution in [3.8, 4) is 0 Å². The highest BCUT2D eigenvalue weighted by Crippen LogP contribution is 2.44. The Morgan fingerprint density at radius 2 is 2.12 bits per heavy atom. The molecule has 1 fully saturated rings. The highest BCUT2D eigenvalue weighted by Gasteiger charge is 2.45. The molecule has 1 atom stereocenters. The van der Waals surface area contributed by atoms with Crippen LogP contribution in [0.4, 0.5) is 0 Å². The van der Waals surface area contributed by atoms with Crippen LogP contribution < -0.4 is 5.32 Å². The predicted molar refractivity (Wildman–Crippen MR) is 69.7 cm³/mol. The van der Waals surface area contributed by atoms with Crippen LogP contribution in [0, 0.1) is 5.41 Å². The molecule has 1 aromatic carbocycles. The van der Waals surface area contributed by atoms with Crippen molar-refractivity contribution in [2.75, 3.05) is 0 Å². The van der Waals surface area contributed by atoms with Gasteiger partial charge in [0, 0.05) is 13.1 Å². The summed E-state index contributed by atoms with van der Waals surface area (Å²) in [5, 5.41) is 3.58. The summed E-state index contributed by atoms with van der Waals surface area (Å²) in [7, 11) is 2.09. The molecular formula is C14H19N3. The number of benzene rings is 1. The average molecular weight is 229 g/mol. The summed E-state index contributed by atoms with van der Waals surface area (Å²) in [4.78, 5) is 4.66. The van der Waals surface area contributed by atoms with E-state index in [0.29, 0.717) is 11.5 Å². The lowest BCUT2D eigenvalue weighted by atomic mass is 10.2. The molecular weight excluding hydrogens is 210 g/mol. The van der Waals surface area contributed by atoms with Gasteiger partial charge in [-0.3, -0.25) is 0 Å². The Labute approximate surface area is 102 Å². The summed E-state index contributed by atoms with van der Waals surface area (Å²) in [6.07, 6.45) is 1.27. The lowest BCUT2D eigenvalue weighted by molar-refractivity contribution is 0.530. The topological polar surface area (TPSA) is 29.9 Å². The molecule has 3 nitrogen and oxygen atoms in total. The smallest absolute Gasteiger partial charge is 0.123 e. The zero-order valence-corrected chi connectivity index (χ0v) is 10.7. The van der Waals surface area contributed by atoms with Crippen molar-refractivity contribution in [2.45, 2.75) is 32.9 Å². The Hall–Kier alpha value is -1.35. The first-order chi connectivity index (χ1) is 8.08. The van der Waals surface area contributed by atoms with Crippen LogP contribution in [0.5, 0.6) is 0 Å². The van der Waals surface area contributed by atoms with E-state index in [4.69, 9.17) is 0 Å². The number of hydrogen-bond donors (Lipinski definition) is 1.